The Morgan fingerprint density at radius 2 is 2.20 bits per heavy atom. The van der Waals surface area contributed by atoms with Gasteiger partial charge in [0.1, 0.15) is 23.5 Å². The molecule has 1 aromatic rings. The van der Waals surface area contributed by atoms with Crippen LogP contribution in [-0.2, 0) is 0 Å². The molecule has 76 valence electrons. The monoisotopic (exact) mass is 203 g/mol. The van der Waals surface area contributed by atoms with Crippen LogP contribution in [0.15, 0.2) is 18.2 Å². The molecule has 0 saturated heterocycles. The normalized spacial score (nSPS) is 11.2. The van der Waals surface area contributed by atoms with Gasteiger partial charge in [-0.25, -0.2) is 4.39 Å². The minimum Gasteiger partial charge on any atom is -0.369 e. The van der Waals surface area contributed by atoms with E-state index in [1.807, 2.05) is 13.0 Å². The summed E-state index contributed by atoms with van der Waals surface area (Å²) in [6.07, 6.45) is 0.595. The number of rotatable bonds is 3. The van der Waals surface area contributed by atoms with Gasteiger partial charge < -0.3 is 5.32 Å². The fourth-order valence-electron chi connectivity index (χ4n) is 1.17. The van der Waals surface area contributed by atoms with Crippen LogP contribution in [0.1, 0.15) is 18.9 Å². The Bertz CT molecular complexity index is 428. The van der Waals surface area contributed by atoms with E-state index in [0.717, 1.165) is 0 Å². The van der Waals surface area contributed by atoms with Crippen molar-refractivity contribution in [3.8, 4) is 12.1 Å². The van der Waals surface area contributed by atoms with E-state index in [1.54, 1.807) is 12.1 Å². The number of halogens is 1. The summed E-state index contributed by atoms with van der Waals surface area (Å²) in [6.45, 7) is 1.84. The molecule has 1 N–H and O–H groups in total. The van der Waals surface area contributed by atoms with E-state index in [4.69, 9.17) is 10.5 Å². The van der Waals surface area contributed by atoms with Crippen LogP contribution in [0.2, 0.25) is 0 Å². The molecule has 3 nitrogen and oxygen atoms in total. The van der Waals surface area contributed by atoms with E-state index < -0.39 is 11.9 Å². The Morgan fingerprint density at radius 1 is 1.47 bits per heavy atom. The van der Waals surface area contributed by atoms with E-state index in [-0.39, 0.29) is 5.56 Å². The molecule has 0 aromatic heterocycles. The van der Waals surface area contributed by atoms with Crippen molar-refractivity contribution in [2.75, 3.05) is 5.32 Å². The summed E-state index contributed by atoms with van der Waals surface area (Å²) in [4.78, 5) is 0. The number of benzene rings is 1. The van der Waals surface area contributed by atoms with Crippen molar-refractivity contribution in [2.24, 2.45) is 0 Å². The molecule has 1 aromatic carbocycles. The Hall–Kier alpha value is -2.07. The highest BCUT2D eigenvalue weighted by Crippen LogP contribution is 2.18. The first kappa shape index (κ1) is 11.0. The molecule has 0 heterocycles. The van der Waals surface area contributed by atoms with Gasteiger partial charge >= 0.3 is 0 Å². The first-order valence-corrected chi connectivity index (χ1v) is 4.57. The molecule has 0 aliphatic carbocycles. The summed E-state index contributed by atoms with van der Waals surface area (Å²) in [6, 6.07) is 7.70. The molecule has 0 saturated carbocycles. The standard InChI is InChI=1S/C11H10FN3/c1-2-8(6-13)15-11-5-3-4-10(12)9(11)7-14/h3-5,8,15H,2H2,1H3. The van der Waals surface area contributed by atoms with Crippen molar-refractivity contribution in [3.05, 3.63) is 29.6 Å². The van der Waals surface area contributed by atoms with E-state index >= 15 is 0 Å². The van der Waals surface area contributed by atoms with Crippen LogP contribution >= 0.6 is 0 Å². The second-order valence-corrected chi connectivity index (χ2v) is 3.01. The summed E-state index contributed by atoms with van der Waals surface area (Å²) in [5.41, 5.74) is 0.317. The largest absolute Gasteiger partial charge is 0.369 e. The maximum absolute atomic E-state index is 13.2. The average molecular weight is 203 g/mol. The number of hydrogen-bond acceptors (Lipinski definition) is 3. The van der Waals surface area contributed by atoms with Crippen molar-refractivity contribution in [2.45, 2.75) is 19.4 Å². The number of anilines is 1. The molecular weight excluding hydrogens is 193 g/mol. The van der Waals surface area contributed by atoms with Crippen LogP contribution in [0.4, 0.5) is 10.1 Å². The molecule has 0 aliphatic rings. The summed E-state index contributed by atoms with van der Waals surface area (Å²) in [5.74, 6) is -0.574. The van der Waals surface area contributed by atoms with Gasteiger partial charge in [-0.3, -0.25) is 0 Å². The van der Waals surface area contributed by atoms with Gasteiger partial charge in [0.2, 0.25) is 0 Å². The topological polar surface area (TPSA) is 59.6 Å². The fourth-order valence-corrected chi connectivity index (χ4v) is 1.17. The van der Waals surface area contributed by atoms with Gasteiger partial charge in [-0.2, -0.15) is 10.5 Å². The lowest BCUT2D eigenvalue weighted by Gasteiger charge is -2.11. The smallest absolute Gasteiger partial charge is 0.143 e. The van der Waals surface area contributed by atoms with Gasteiger partial charge in [0, 0.05) is 0 Å². The molecule has 0 spiro atoms. The van der Waals surface area contributed by atoms with Crippen LogP contribution in [0.5, 0.6) is 0 Å². The van der Waals surface area contributed by atoms with Crippen molar-refractivity contribution >= 4 is 5.69 Å². The molecule has 4 heteroatoms. The number of nitrogens with one attached hydrogen (secondary N) is 1. The summed E-state index contributed by atoms with van der Waals surface area (Å²) in [5, 5.41) is 20.3. The first-order valence-electron chi connectivity index (χ1n) is 4.57. The van der Waals surface area contributed by atoms with Gasteiger partial charge in [-0.05, 0) is 18.6 Å². The molecule has 1 rings (SSSR count). The van der Waals surface area contributed by atoms with E-state index in [1.165, 1.54) is 12.1 Å². The van der Waals surface area contributed by atoms with Gasteiger partial charge in [0.15, 0.2) is 0 Å². The van der Waals surface area contributed by atoms with Crippen LogP contribution in [0.25, 0.3) is 0 Å². The Morgan fingerprint density at radius 3 is 2.73 bits per heavy atom. The second-order valence-electron chi connectivity index (χ2n) is 3.01. The average Bonchev–Trinajstić information content (AvgIpc) is 2.26. The lowest BCUT2D eigenvalue weighted by Crippen LogP contribution is -2.16. The van der Waals surface area contributed by atoms with Crippen molar-refractivity contribution in [3.63, 3.8) is 0 Å². The number of nitriles is 2. The zero-order valence-corrected chi connectivity index (χ0v) is 8.29. The maximum Gasteiger partial charge on any atom is 0.143 e. The minimum absolute atomic E-state index is 0.0498. The zero-order chi connectivity index (χ0) is 11.3. The van der Waals surface area contributed by atoms with Crippen LogP contribution < -0.4 is 5.32 Å². The molecule has 1 unspecified atom stereocenters. The third-order valence-electron chi connectivity index (χ3n) is 2.02. The number of hydrogen-bond donors (Lipinski definition) is 1. The molecule has 0 aliphatic heterocycles. The van der Waals surface area contributed by atoms with Crippen molar-refractivity contribution in [1.82, 2.24) is 0 Å². The van der Waals surface area contributed by atoms with Gasteiger partial charge in [-0.15, -0.1) is 0 Å². The third kappa shape index (κ3) is 2.45. The van der Waals surface area contributed by atoms with Gasteiger partial charge in [0.25, 0.3) is 0 Å². The molecule has 0 amide bonds. The molecular formula is C11H10FN3. The Labute approximate surface area is 87.8 Å². The lowest BCUT2D eigenvalue weighted by atomic mass is 10.1. The van der Waals surface area contributed by atoms with Crippen LogP contribution in [-0.4, -0.2) is 6.04 Å². The van der Waals surface area contributed by atoms with Crippen molar-refractivity contribution in [1.29, 1.82) is 10.5 Å². The first-order chi connectivity index (χ1) is 7.22. The molecule has 0 bridgehead atoms. The van der Waals surface area contributed by atoms with E-state index in [9.17, 15) is 4.39 Å². The Kier molecular flexibility index (Phi) is 3.65. The summed E-state index contributed by atoms with van der Waals surface area (Å²) < 4.78 is 13.2. The lowest BCUT2D eigenvalue weighted by molar-refractivity contribution is 0.624. The fraction of sp³-hybridized carbons (Fsp3) is 0.273. The quantitative estimate of drug-likeness (QED) is 0.820. The minimum atomic E-state index is -0.574. The second kappa shape index (κ2) is 4.97. The third-order valence-corrected chi connectivity index (χ3v) is 2.02. The molecule has 0 fully saturated rings. The predicted octanol–water partition coefficient (Wildman–Crippen LogP) is 2.41. The Balaban J connectivity index is 3.01. The highest BCUT2D eigenvalue weighted by Gasteiger charge is 2.10. The number of nitrogens with zero attached hydrogens (tertiary/aromatic N) is 2. The molecule has 0 radical (unpaired) electrons. The SMILES string of the molecule is CCC(C#N)Nc1cccc(F)c1C#N. The van der Waals surface area contributed by atoms with Crippen molar-refractivity contribution < 1.29 is 4.39 Å². The summed E-state index contributed by atoms with van der Waals surface area (Å²) in [7, 11) is 0. The molecule has 1 atom stereocenters. The molecule has 15 heavy (non-hydrogen) atoms. The van der Waals surface area contributed by atoms with Gasteiger partial charge in [-0.1, -0.05) is 13.0 Å². The van der Waals surface area contributed by atoms with E-state index in [0.29, 0.717) is 12.1 Å². The zero-order valence-electron chi connectivity index (χ0n) is 8.29. The maximum atomic E-state index is 13.2. The van der Waals surface area contributed by atoms with Gasteiger partial charge in [0.05, 0.1) is 11.8 Å². The highest BCUT2D eigenvalue weighted by atomic mass is 19.1. The highest BCUT2D eigenvalue weighted by molar-refractivity contribution is 5.58. The summed E-state index contributed by atoms with van der Waals surface area (Å²) >= 11 is 0. The van der Waals surface area contributed by atoms with Crippen LogP contribution in [0, 0.1) is 28.5 Å². The van der Waals surface area contributed by atoms with Crippen LogP contribution in [0.3, 0.4) is 0 Å². The van der Waals surface area contributed by atoms with E-state index in [2.05, 4.69) is 5.32 Å². The predicted molar refractivity (Wildman–Crippen MR) is 54.4 cm³/mol.